The third-order valence-corrected chi connectivity index (χ3v) is 2.60. The molecule has 0 aliphatic carbocycles. The highest BCUT2D eigenvalue weighted by Crippen LogP contribution is 2.15. The number of isocyanates is 1. The molecule has 0 aromatic heterocycles. The molecule has 0 saturated heterocycles. The van der Waals surface area contributed by atoms with Crippen LogP contribution in [0.4, 0.5) is 5.69 Å². The molecule has 2 rings (SSSR count). The predicted octanol–water partition coefficient (Wildman–Crippen LogP) is 3.55. The lowest BCUT2D eigenvalue weighted by molar-refractivity contribution is 0.565. The molecule has 0 heterocycles. The molecule has 0 saturated carbocycles. The first-order valence-electron chi connectivity index (χ1n) is 5.50. The van der Waals surface area contributed by atoms with Gasteiger partial charge in [0.2, 0.25) is 6.08 Å². The van der Waals surface area contributed by atoms with Crippen molar-refractivity contribution >= 4 is 11.8 Å². The van der Waals surface area contributed by atoms with E-state index >= 15 is 0 Å². The van der Waals surface area contributed by atoms with Crippen molar-refractivity contribution in [2.75, 3.05) is 0 Å². The molecule has 0 aliphatic rings. The first-order chi connectivity index (χ1) is 8.28. The maximum absolute atomic E-state index is 10.1. The summed E-state index contributed by atoms with van der Waals surface area (Å²) < 4.78 is 0. The zero-order chi connectivity index (χ0) is 12.1. The molecular weight excluding hydrogens is 210 g/mol. The Balaban J connectivity index is 2.16. The molecule has 0 spiro atoms. The van der Waals surface area contributed by atoms with Crippen LogP contribution >= 0.6 is 0 Å². The van der Waals surface area contributed by atoms with Crippen molar-refractivity contribution in [3.05, 3.63) is 65.2 Å². The number of rotatable bonds is 3. The summed E-state index contributed by atoms with van der Waals surface area (Å²) >= 11 is 0. The first-order valence-corrected chi connectivity index (χ1v) is 5.50. The molecule has 0 amide bonds. The summed E-state index contributed by atoms with van der Waals surface area (Å²) in [5, 5.41) is 0. The highest BCUT2D eigenvalue weighted by atomic mass is 16.1. The molecule has 84 valence electrons. The second kappa shape index (κ2) is 5.24. The van der Waals surface area contributed by atoms with Crippen molar-refractivity contribution in [1.29, 1.82) is 0 Å². The van der Waals surface area contributed by atoms with Crippen LogP contribution in [0.25, 0.3) is 0 Å². The van der Waals surface area contributed by atoms with Crippen LogP contribution in [0.1, 0.15) is 16.7 Å². The molecule has 2 aromatic carbocycles. The zero-order valence-electron chi connectivity index (χ0n) is 9.68. The minimum absolute atomic E-state index is 0.646. The van der Waals surface area contributed by atoms with Crippen molar-refractivity contribution < 1.29 is 4.79 Å². The van der Waals surface area contributed by atoms with Crippen LogP contribution in [0.2, 0.25) is 0 Å². The Hall–Kier alpha value is -2.18. The van der Waals surface area contributed by atoms with Gasteiger partial charge in [-0.1, -0.05) is 42.0 Å². The van der Waals surface area contributed by atoms with Crippen LogP contribution in [0.5, 0.6) is 0 Å². The lowest BCUT2D eigenvalue weighted by Crippen LogP contribution is -1.88. The van der Waals surface area contributed by atoms with Gasteiger partial charge in [0.25, 0.3) is 0 Å². The normalized spacial score (nSPS) is 9.71. The molecule has 0 aliphatic heterocycles. The van der Waals surface area contributed by atoms with Crippen LogP contribution in [-0.2, 0) is 11.2 Å². The van der Waals surface area contributed by atoms with Crippen LogP contribution in [0.3, 0.4) is 0 Å². The van der Waals surface area contributed by atoms with Gasteiger partial charge in [-0.25, -0.2) is 4.79 Å². The van der Waals surface area contributed by atoms with Gasteiger partial charge in [-0.3, -0.25) is 0 Å². The number of hydrogen-bond donors (Lipinski definition) is 0. The standard InChI is InChI=1S/C15H13NO/c1-12-3-2-4-14(9-12)10-13-5-7-15(8-6-13)16-11-17/h2-9H,10H2,1H3. The fraction of sp³-hybridized carbons (Fsp3) is 0.133. The Kier molecular flexibility index (Phi) is 3.49. The van der Waals surface area contributed by atoms with Gasteiger partial charge in [0.05, 0.1) is 5.69 Å². The summed E-state index contributed by atoms with van der Waals surface area (Å²) in [6, 6.07) is 16.1. The van der Waals surface area contributed by atoms with E-state index in [4.69, 9.17) is 0 Å². The molecule has 2 heteroatoms. The zero-order valence-corrected chi connectivity index (χ0v) is 9.68. The highest BCUT2D eigenvalue weighted by molar-refractivity contribution is 5.49. The number of hydrogen-bond acceptors (Lipinski definition) is 2. The van der Waals surface area contributed by atoms with E-state index in [0.717, 1.165) is 6.42 Å². The summed E-state index contributed by atoms with van der Waals surface area (Å²) in [5.74, 6) is 0. The van der Waals surface area contributed by atoms with Gasteiger partial charge < -0.3 is 0 Å². The summed E-state index contributed by atoms with van der Waals surface area (Å²) in [4.78, 5) is 13.7. The minimum atomic E-state index is 0.646. The van der Waals surface area contributed by atoms with E-state index in [-0.39, 0.29) is 0 Å². The fourth-order valence-corrected chi connectivity index (χ4v) is 1.80. The second-order valence-corrected chi connectivity index (χ2v) is 4.04. The summed E-state index contributed by atoms with van der Waals surface area (Å²) in [6.45, 7) is 2.09. The van der Waals surface area contributed by atoms with Gasteiger partial charge in [-0.15, -0.1) is 0 Å². The molecule has 0 bridgehead atoms. The number of aryl methyl sites for hydroxylation is 1. The predicted molar refractivity (Wildman–Crippen MR) is 68.2 cm³/mol. The van der Waals surface area contributed by atoms with Crippen LogP contribution in [-0.4, -0.2) is 6.08 Å². The molecule has 0 unspecified atom stereocenters. The maximum atomic E-state index is 10.1. The van der Waals surface area contributed by atoms with Crippen LogP contribution in [0.15, 0.2) is 53.5 Å². The van der Waals surface area contributed by atoms with Crippen LogP contribution < -0.4 is 0 Å². The monoisotopic (exact) mass is 223 g/mol. The topological polar surface area (TPSA) is 29.4 Å². The van der Waals surface area contributed by atoms with E-state index in [0.29, 0.717) is 5.69 Å². The van der Waals surface area contributed by atoms with Crippen LogP contribution in [0, 0.1) is 6.92 Å². The number of aliphatic imine (C=N–C) groups is 1. The number of nitrogens with zero attached hydrogens (tertiary/aromatic N) is 1. The van der Waals surface area contributed by atoms with Gasteiger partial charge in [0.1, 0.15) is 0 Å². The van der Waals surface area contributed by atoms with Gasteiger partial charge in [0, 0.05) is 0 Å². The summed E-state index contributed by atoms with van der Waals surface area (Å²) in [7, 11) is 0. The Morgan fingerprint density at radius 1 is 1.06 bits per heavy atom. The van der Waals surface area contributed by atoms with Crippen molar-refractivity contribution in [3.8, 4) is 0 Å². The van der Waals surface area contributed by atoms with Gasteiger partial charge in [-0.05, 0) is 36.6 Å². The van der Waals surface area contributed by atoms with E-state index in [2.05, 4.69) is 36.2 Å². The van der Waals surface area contributed by atoms with E-state index in [1.54, 1.807) is 0 Å². The molecular formula is C15H13NO. The molecule has 2 aromatic rings. The maximum Gasteiger partial charge on any atom is 0.240 e. The van der Waals surface area contributed by atoms with E-state index in [9.17, 15) is 4.79 Å². The minimum Gasteiger partial charge on any atom is -0.211 e. The average Bonchev–Trinajstić information content (AvgIpc) is 2.32. The Bertz CT molecular complexity index is 551. The fourth-order valence-electron chi connectivity index (χ4n) is 1.80. The lowest BCUT2D eigenvalue weighted by Gasteiger charge is -2.03. The largest absolute Gasteiger partial charge is 0.240 e. The average molecular weight is 223 g/mol. The number of carbonyl (C=O) groups excluding carboxylic acids is 1. The quantitative estimate of drug-likeness (QED) is 0.578. The molecule has 2 nitrogen and oxygen atoms in total. The van der Waals surface area contributed by atoms with Crippen molar-refractivity contribution in [2.45, 2.75) is 13.3 Å². The Morgan fingerprint density at radius 3 is 2.47 bits per heavy atom. The third-order valence-electron chi connectivity index (χ3n) is 2.60. The molecule has 0 radical (unpaired) electrons. The number of benzene rings is 2. The molecule has 0 N–H and O–H groups in total. The molecule has 0 atom stereocenters. The van der Waals surface area contributed by atoms with E-state index < -0.39 is 0 Å². The van der Waals surface area contributed by atoms with Gasteiger partial charge >= 0.3 is 0 Å². The molecule has 0 fully saturated rings. The SMILES string of the molecule is Cc1cccc(Cc2ccc(N=C=O)cc2)c1. The van der Waals surface area contributed by atoms with Crippen molar-refractivity contribution in [3.63, 3.8) is 0 Å². The lowest BCUT2D eigenvalue weighted by atomic mass is 10.0. The second-order valence-electron chi connectivity index (χ2n) is 4.04. The summed E-state index contributed by atoms with van der Waals surface area (Å²) in [6.07, 6.45) is 2.43. The van der Waals surface area contributed by atoms with E-state index in [1.807, 2.05) is 24.3 Å². The Morgan fingerprint density at radius 2 is 1.82 bits per heavy atom. The summed E-state index contributed by atoms with van der Waals surface area (Å²) in [5.41, 5.74) is 4.41. The van der Waals surface area contributed by atoms with Gasteiger partial charge in [-0.2, -0.15) is 4.99 Å². The van der Waals surface area contributed by atoms with Crippen molar-refractivity contribution in [2.24, 2.45) is 4.99 Å². The van der Waals surface area contributed by atoms with Crippen molar-refractivity contribution in [1.82, 2.24) is 0 Å². The van der Waals surface area contributed by atoms with Gasteiger partial charge in [0.15, 0.2) is 0 Å². The molecule has 17 heavy (non-hydrogen) atoms. The first kappa shape index (κ1) is 11.3. The smallest absolute Gasteiger partial charge is 0.211 e. The highest BCUT2D eigenvalue weighted by Gasteiger charge is 1.97. The Labute approximate surface area is 101 Å². The van der Waals surface area contributed by atoms with E-state index in [1.165, 1.54) is 22.8 Å². The third kappa shape index (κ3) is 3.13.